The summed E-state index contributed by atoms with van der Waals surface area (Å²) in [6.45, 7) is 0. The van der Waals surface area contributed by atoms with Crippen molar-refractivity contribution in [3.8, 4) is 5.69 Å². The summed E-state index contributed by atoms with van der Waals surface area (Å²) in [5, 5.41) is 5.01. The Balaban J connectivity index is 2.33. The fourth-order valence-electron chi connectivity index (χ4n) is 1.47. The van der Waals surface area contributed by atoms with E-state index in [2.05, 4.69) is 15.1 Å². The maximum Gasteiger partial charge on any atom is 0.223 e. The molecule has 0 spiro atoms. The first kappa shape index (κ1) is 14.2. The maximum absolute atomic E-state index is 6.16. The smallest absolute Gasteiger partial charge is 0.223 e. The van der Waals surface area contributed by atoms with E-state index in [-0.39, 0.29) is 11.9 Å². The molecule has 0 atom stereocenters. The van der Waals surface area contributed by atoms with Crippen molar-refractivity contribution in [2.45, 2.75) is 0 Å². The molecule has 20 heavy (non-hydrogen) atoms. The number of nitrogens with zero attached hydrogens (tertiary/aromatic N) is 4. The Hall–Kier alpha value is -2.25. The molecule has 0 unspecified atom stereocenters. The third-order valence-corrected chi connectivity index (χ3v) is 2.71. The highest BCUT2D eigenvalue weighted by molar-refractivity contribution is 6.32. The Bertz CT molecular complexity index is 686. The number of benzene rings is 1. The van der Waals surface area contributed by atoms with Gasteiger partial charge in [0, 0.05) is 6.20 Å². The van der Waals surface area contributed by atoms with E-state index in [1.54, 1.807) is 29.1 Å². The SMILES string of the molecule is NC(N)=NC(N)=Nc1ccc(-n2cc(Cl)cn2)c(Cl)c1. The summed E-state index contributed by atoms with van der Waals surface area (Å²) in [6.07, 6.45) is 3.15. The van der Waals surface area contributed by atoms with E-state index >= 15 is 0 Å². The summed E-state index contributed by atoms with van der Waals surface area (Å²) in [5.74, 6) is -0.226. The normalized spacial score (nSPS) is 11.4. The van der Waals surface area contributed by atoms with Crippen LogP contribution in [0.3, 0.4) is 0 Å². The molecule has 104 valence electrons. The number of nitrogens with two attached hydrogens (primary N) is 3. The second-order valence-corrected chi connectivity index (χ2v) is 4.59. The van der Waals surface area contributed by atoms with Crippen LogP contribution in [-0.2, 0) is 0 Å². The lowest BCUT2D eigenvalue weighted by molar-refractivity contribution is 0.881. The lowest BCUT2D eigenvalue weighted by Gasteiger charge is -2.05. The van der Waals surface area contributed by atoms with Gasteiger partial charge in [0.25, 0.3) is 0 Å². The molecule has 1 aromatic heterocycles. The van der Waals surface area contributed by atoms with E-state index in [1.807, 2.05) is 0 Å². The van der Waals surface area contributed by atoms with Crippen LogP contribution in [0.15, 0.2) is 40.6 Å². The predicted octanol–water partition coefficient (Wildman–Crippen LogP) is 1.40. The average molecular weight is 312 g/mol. The third kappa shape index (κ3) is 3.40. The summed E-state index contributed by atoms with van der Waals surface area (Å²) in [6, 6.07) is 5.04. The molecule has 7 nitrogen and oxygen atoms in total. The molecule has 9 heteroatoms. The van der Waals surface area contributed by atoms with E-state index in [0.29, 0.717) is 21.4 Å². The van der Waals surface area contributed by atoms with Crippen LogP contribution in [0.2, 0.25) is 10.0 Å². The van der Waals surface area contributed by atoms with Crippen molar-refractivity contribution in [1.29, 1.82) is 0 Å². The van der Waals surface area contributed by atoms with E-state index in [1.165, 1.54) is 6.20 Å². The minimum atomic E-state index is -0.167. The van der Waals surface area contributed by atoms with Gasteiger partial charge in [0.05, 0.1) is 27.6 Å². The van der Waals surface area contributed by atoms with Crippen LogP contribution >= 0.6 is 23.2 Å². The second kappa shape index (κ2) is 5.81. The van der Waals surface area contributed by atoms with Crippen LogP contribution in [0.5, 0.6) is 0 Å². The molecule has 1 aromatic carbocycles. The molecule has 1 heterocycles. The number of aliphatic imine (C=N–C) groups is 2. The molecular weight excluding hydrogens is 301 g/mol. The molecule has 0 amide bonds. The zero-order valence-electron chi connectivity index (χ0n) is 10.2. The molecule has 0 aliphatic carbocycles. The molecule has 0 bridgehead atoms. The van der Waals surface area contributed by atoms with Gasteiger partial charge in [-0.15, -0.1) is 0 Å². The highest BCUT2D eigenvalue weighted by Gasteiger charge is 2.06. The quantitative estimate of drug-likeness (QED) is 0.573. The van der Waals surface area contributed by atoms with Crippen LogP contribution in [0.4, 0.5) is 5.69 Å². The van der Waals surface area contributed by atoms with Gasteiger partial charge in [-0.2, -0.15) is 10.1 Å². The average Bonchev–Trinajstić information content (AvgIpc) is 2.74. The molecule has 0 radical (unpaired) electrons. The molecule has 0 saturated heterocycles. The summed E-state index contributed by atoms with van der Waals surface area (Å²) in [5.41, 5.74) is 17.1. The second-order valence-electron chi connectivity index (χ2n) is 3.75. The lowest BCUT2D eigenvalue weighted by Crippen LogP contribution is -2.26. The van der Waals surface area contributed by atoms with Crippen molar-refractivity contribution >= 4 is 40.8 Å². The van der Waals surface area contributed by atoms with Crippen LogP contribution in [-0.4, -0.2) is 21.7 Å². The van der Waals surface area contributed by atoms with Crippen LogP contribution in [0.25, 0.3) is 5.69 Å². The van der Waals surface area contributed by atoms with Gasteiger partial charge in [0.1, 0.15) is 0 Å². The molecule has 0 aliphatic rings. The molecule has 0 fully saturated rings. The van der Waals surface area contributed by atoms with Gasteiger partial charge in [-0.3, -0.25) is 0 Å². The van der Waals surface area contributed by atoms with E-state index in [9.17, 15) is 0 Å². The predicted molar refractivity (Wildman–Crippen MR) is 80.7 cm³/mol. The van der Waals surface area contributed by atoms with Crippen LogP contribution in [0, 0.1) is 0 Å². The number of guanidine groups is 2. The largest absolute Gasteiger partial charge is 0.370 e. The van der Waals surface area contributed by atoms with Gasteiger partial charge in [-0.05, 0) is 18.2 Å². The Kier molecular flexibility index (Phi) is 4.11. The highest BCUT2D eigenvalue weighted by Crippen LogP contribution is 2.26. The zero-order chi connectivity index (χ0) is 14.7. The highest BCUT2D eigenvalue weighted by atomic mass is 35.5. The maximum atomic E-state index is 6.16. The molecule has 6 N–H and O–H groups in total. The van der Waals surface area contributed by atoms with Crippen molar-refractivity contribution < 1.29 is 0 Å². The molecule has 2 aromatic rings. The lowest BCUT2D eigenvalue weighted by atomic mass is 10.3. The number of aromatic nitrogens is 2. The van der Waals surface area contributed by atoms with E-state index in [0.717, 1.165) is 0 Å². The molecule has 0 aliphatic heterocycles. The molecular formula is C11H11Cl2N7. The number of hydrogen-bond acceptors (Lipinski definition) is 2. The third-order valence-electron chi connectivity index (χ3n) is 2.22. The van der Waals surface area contributed by atoms with Crippen molar-refractivity contribution in [2.75, 3.05) is 0 Å². The van der Waals surface area contributed by atoms with Crippen molar-refractivity contribution in [3.63, 3.8) is 0 Å². The number of rotatable bonds is 2. The standard InChI is InChI=1S/C11H11Cl2N7/c12-6-4-17-20(5-6)9-2-1-7(3-8(9)13)18-11(16)19-10(14)15/h1-5H,(H6,14,15,16,18,19). The first-order valence-electron chi connectivity index (χ1n) is 5.39. The Morgan fingerprint density at radius 1 is 1.20 bits per heavy atom. The van der Waals surface area contributed by atoms with Crippen molar-refractivity contribution in [3.05, 3.63) is 40.6 Å². The van der Waals surface area contributed by atoms with Gasteiger partial charge in [0.15, 0.2) is 5.96 Å². The summed E-state index contributed by atoms with van der Waals surface area (Å²) < 4.78 is 1.55. The van der Waals surface area contributed by atoms with Crippen molar-refractivity contribution in [1.82, 2.24) is 9.78 Å². The van der Waals surface area contributed by atoms with Gasteiger partial charge >= 0.3 is 0 Å². The molecule has 2 rings (SSSR count). The monoisotopic (exact) mass is 311 g/mol. The van der Waals surface area contributed by atoms with Gasteiger partial charge in [-0.25, -0.2) is 9.67 Å². The van der Waals surface area contributed by atoms with Crippen LogP contribution < -0.4 is 17.2 Å². The Morgan fingerprint density at radius 2 is 1.95 bits per heavy atom. The van der Waals surface area contributed by atoms with Crippen LogP contribution in [0.1, 0.15) is 0 Å². The van der Waals surface area contributed by atoms with Crippen molar-refractivity contribution in [2.24, 2.45) is 27.2 Å². The Morgan fingerprint density at radius 3 is 2.50 bits per heavy atom. The number of halogens is 2. The van der Waals surface area contributed by atoms with Gasteiger partial charge in [-0.1, -0.05) is 23.2 Å². The zero-order valence-corrected chi connectivity index (χ0v) is 11.7. The van der Waals surface area contributed by atoms with E-state index in [4.69, 9.17) is 40.4 Å². The number of hydrogen-bond donors (Lipinski definition) is 3. The van der Waals surface area contributed by atoms with Gasteiger partial charge < -0.3 is 17.2 Å². The summed E-state index contributed by atoms with van der Waals surface area (Å²) >= 11 is 12.0. The first-order valence-corrected chi connectivity index (χ1v) is 6.15. The van der Waals surface area contributed by atoms with Gasteiger partial charge in [0.2, 0.25) is 5.96 Å². The Labute approximate surface area is 124 Å². The topological polar surface area (TPSA) is 121 Å². The minimum absolute atomic E-state index is 0.0593. The fourth-order valence-corrected chi connectivity index (χ4v) is 1.87. The minimum Gasteiger partial charge on any atom is -0.370 e. The first-order chi connectivity index (χ1) is 9.45. The van der Waals surface area contributed by atoms with E-state index < -0.39 is 0 Å². The summed E-state index contributed by atoms with van der Waals surface area (Å²) in [7, 11) is 0. The summed E-state index contributed by atoms with van der Waals surface area (Å²) in [4.78, 5) is 7.61. The fraction of sp³-hybridized carbons (Fsp3) is 0. The molecule has 0 saturated carbocycles.